The van der Waals surface area contributed by atoms with Crippen LogP contribution in [-0.4, -0.2) is 30.0 Å². The van der Waals surface area contributed by atoms with E-state index in [0.29, 0.717) is 22.4 Å². The fourth-order valence-electron chi connectivity index (χ4n) is 2.51. The largest absolute Gasteiger partial charge is 0.497 e. The van der Waals surface area contributed by atoms with Crippen LogP contribution in [0.1, 0.15) is 16.8 Å². The topological polar surface area (TPSA) is 87.7 Å². The second-order valence-electron chi connectivity index (χ2n) is 5.55. The van der Waals surface area contributed by atoms with Crippen LogP contribution in [0.2, 0.25) is 0 Å². The summed E-state index contributed by atoms with van der Waals surface area (Å²) in [5, 5.41) is 0. The van der Waals surface area contributed by atoms with E-state index in [1.807, 2.05) is 0 Å². The number of Topliss-reactive ketones (excluding diaryl/α,β-unsaturated/α-hetero) is 1. The molecule has 0 N–H and O–H groups in total. The van der Waals surface area contributed by atoms with Crippen molar-refractivity contribution < 1.29 is 23.5 Å². The van der Waals surface area contributed by atoms with Gasteiger partial charge in [0.1, 0.15) is 5.75 Å². The molecule has 0 radical (unpaired) electrons. The number of fused-ring (bicyclic) bond motifs is 1. The monoisotopic (exact) mass is 355 g/mol. The fraction of sp³-hybridized carbons (Fsp3) is 0.211. The van der Waals surface area contributed by atoms with Crippen LogP contribution in [0.3, 0.4) is 0 Å². The van der Waals surface area contributed by atoms with Crippen LogP contribution in [-0.2, 0) is 16.1 Å². The summed E-state index contributed by atoms with van der Waals surface area (Å²) >= 11 is 0. The van der Waals surface area contributed by atoms with Crippen LogP contribution in [0.25, 0.3) is 11.1 Å². The first-order chi connectivity index (χ1) is 12.6. The van der Waals surface area contributed by atoms with Gasteiger partial charge in [-0.15, -0.1) is 0 Å². The average Bonchev–Trinajstić information content (AvgIpc) is 2.99. The molecule has 0 fully saturated rings. The first-order valence-corrected chi connectivity index (χ1v) is 8.00. The molecule has 7 nitrogen and oxygen atoms in total. The number of hydrogen-bond donors (Lipinski definition) is 0. The molecule has 3 aromatic rings. The van der Waals surface area contributed by atoms with Gasteiger partial charge in [-0.05, 0) is 36.4 Å². The second-order valence-corrected chi connectivity index (χ2v) is 5.55. The number of para-hydroxylation sites is 2. The Hall–Kier alpha value is -3.35. The summed E-state index contributed by atoms with van der Waals surface area (Å²) in [6, 6.07) is 13.5. The van der Waals surface area contributed by atoms with Crippen molar-refractivity contribution in [2.45, 2.75) is 13.0 Å². The SMILES string of the molecule is COc1ccc(C(=O)COC(=O)CCn2c(=O)oc3ccccc32)cc1. The van der Waals surface area contributed by atoms with Gasteiger partial charge in [0.15, 0.2) is 18.0 Å². The van der Waals surface area contributed by atoms with E-state index >= 15 is 0 Å². The fourth-order valence-corrected chi connectivity index (χ4v) is 2.51. The van der Waals surface area contributed by atoms with Crippen molar-refractivity contribution in [2.24, 2.45) is 0 Å². The molecule has 0 spiro atoms. The van der Waals surface area contributed by atoms with Gasteiger partial charge in [0.2, 0.25) is 0 Å². The molecule has 0 unspecified atom stereocenters. The van der Waals surface area contributed by atoms with Crippen molar-refractivity contribution in [3.63, 3.8) is 0 Å². The Bertz CT molecular complexity index is 983. The number of benzene rings is 2. The zero-order chi connectivity index (χ0) is 18.5. The summed E-state index contributed by atoms with van der Waals surface area (Å²) < 4.78 is 16.5. The highest BCUT2D eigenvalue weighted by Crippen LogP contribution is 2.13. The normalized spacial score (nSPS) is 10.7. The van der Waals surface area contributed by atoms with Crippen molar-refractivity contribution in [3.05, 3.63) is 64.6 Å². The van der Waals surface area contributed by atoms with Gasteiger partial charge in [0, 0.05) is 12.1 Å². The molecule has 0 aliphatic heterocycles. The molecule has 0 saturated carbocycles. The van der Waals surface area contributed by atoms with Crippen LogP contribution in [0.4, 0.5) is 0 Å². The van der Waals surface area contributed by atoms with Crippen LogP contribution in [0, 0.1) is 0 Å². The lowest BCUT2D eigenvalue weighted by Crippen LogP contribution is -2.19. The minimum atomic E-state index is -0.566. The molecule has 3 rings (SSSR count). The number of nitrogens with zero attached hydrogens (tertiary/aromatic N) is 1. The van der Waals surface area contributed by atoms with Gasteiger partial charge in [-0.1, -0.05) is 12.1 Å². The number of hydrogen-bond acceptors (Lipinski definition) is 6. The van der Waals surface area contributed by atoms with Gasteiger partial charge in [-0.2, -0.15) is 0 Å². The Morgan fingerprint density at radius 3 is 2.54 bits per heavy atom. The minimum Gasteiger partial charge on any atom is -0.497 e. The summed E-state index contributed by atoms with van der Waals surface area (Å²) in [5.74, 6) is -0.777. The average molecular weight is 355 g/mol. The highest BCUT2D eigenvalue weighted by molar-refractivity contribution is 5.98. The molecule has 26 heavy (non-hydrogen) atoms. The minimum absolute atomic E-state index is 0.0423. The quantitative estimate of drug-likeness (QED) is 0.478. The lowest BCUT2D eigenvalue weighted by atomic mass is 10.1. The third-order valence-corrected chi connectivity index (χ3v) is 3.89. The van der Waals surface area contributed by atoms with E-state index in [1.165, 1.54) is 11.7 Å². The summed E-state index contributed by atoms with van der Waals surface area (Å²) in [6.07, 6.45) is -0.0423. The van der Waals surface area contributed by atoms with E-state index in [1.54, 1.807) is 48.5 Å². The zero-order valence-electron chi connectivity index (χ0n) is 14.1. The van der Waals surface area contributed by atoms with E-state index < -0.39 is 11.7 Å². The molecular weight excluding hydrogens is 338 g/mol. The van der Waals surface area contributed by atoms with E-state index in [2.05, 4.69) is 0 Å². The molecule has 0 bridgehead atoms. The van der Waals surface area contributed by atoms with Crippen molar-refractivity contribution in [2.75, 3.05) is 13.7 Å². The van der Waals surface area contributed by atoms with E-state index in [0.717, 1.165) is 0 Å². The first kappa shape index (κ1) is 17.5. The van der Waals surface area contributed by atoms with Crippen molar-refractivity contribution in [1.29, 1.82) is 0 Å². The third kappa shape index (κ3) is 3.83. The standard InChI is InChI=1S/C19H17NO6/c1-24-14-8-6-13(7-9-14)16(21)12-25-18(22)10-11-20-15-4-2-3-5-17(15)26-19(20)23/h2-9H,10-12H2,1H3. The maximum Gasteiger partial charge on any atom is 0.419 e. The summed E-state index contributed by atoms with van der Waals surface area (Å²) in [6.45, 7) is -0.238. The van der Waals surface area contributed by atoms with Crippen molar-refractivity contribution in [1.82, 2.24) is 4.57 Å². The number of carbonyl (C=O) groups excluding carboxylic acids is 2. The lowest BCUT2D eigenvalue weighted by molar-refractivity contribution is -0.142. The Morgan fingerprint density at radius 2 is 1.81 bits per heavy atom. The van der Waals surface area contributed by atoms with Crippen LogP contribution in [0.15, 0.2) is 57.7 Å². The smallest absolute Gasteiger partial charge is 0.419 e. The Morgan fingerprint density at radius 1 is 1.08 bits per heavy atom. The highest BCUT2D eigenvalue weighted by atomic mass is 16.5. The Kier molecular flexibility index (Phi) is 5.17. The molecule has 1 aromatic heterocycles. The van der Waals surface area contributed by atoms with Crippen molar-refractivity contribution in [3.8, 4) is 5.75 Å². The van der Waals surface area contributed by atoms with Crippen LogP contribution in [0.5, 0.6) is 5.75 Å². The van der Waals surface area contributed by atoms with E-state index in [-0.39, 0.29) is 25.4 Å². The lowest BCUT2D eigenvalue weighted by Gasteiger charge is -2.06. The van der Waals surface area contributed by atoms with Gasteiger partial charge < -0.3 is 13.9 Å². The number of ether oxygens (including phenoxy) is 2. The van der Waals surface area contributed by atoms with Crippen LogP contribution >= 0.6 is 0 Å². The molecule has 0 amide bonds. The Labute approximate surface area is 148 Å². The van der Waals surface area contributed by atoms with Gasteiger partial charge in [-0.25, -0.2) is 4.79 Å². The number of oxazole rings is 1. The number of esters is 1. The number of aryl methyl sites for hydroxylation is 1. The molecular formula is C19H17NO6. The molecule has 0 atom stereocenters. The maximum absolute atomic E-state index is 12.0. The summed E-state index contributed by atoms with van der Waals surface area (Å²) in [4.78, 5) is 35.7. The molecule has 0 aliphatic carbocycles. The van der Waals surface area contributed by atoms with Gasteiger partial charge >= 0.3 is 11.7 Å². The van der Waals surface area contributed by atoms with E-state index in [9.17, 15) is 14.4 Å². The molecule has 0 aliphatic rings. The zero-order valence-corrected chi connectivity index (χ0v) is 14.1. The number of carbonyl (C=O) groups is 2. The predicted molar refractivity (Wildman–Crippen MR) is 93.4 cm³/mol. The molecule has 2 aromatic carbocycles. The van der Waals surface area contributed by atoms with Gasteiger partial charge in [0.25, 0.3) is 0 Å². The highest BCUT2D eigenvalue weighted by Gasteiger charge is 2.13. The van der Waals surface area contributed by atoms with E-state index in [4.69, 9.17) is 13.9 Å². The molecule has 134 valence electrons. The Balaban J connectivity index is 1.54. The number of methoxy groups -OCH3 is 1. The van der Waals surface area contributed by atoms with Crippen LogP contribution < -0.4 is 10.5 Å². The molecule has 0 saturated heterocycles. The summed E-state index contributed by atoms with van der Waals surface area (Å²) in [7, 11) is 1.53. The van der Waals surface area contributed by atoms with Crippen molar-refractivity contribution >= 4 is 22.9 Å². The number of ketones is 1. The molecule has 7 heteroatoms. The first-order valence-electron chi connectivity index (χ1n) is 8.00. The maximum atomic E-state index is 12.0. The third-order valence-electron chi connectivity index (χ3n) is 3.89. The second kappa shape index (κ2) is 7.69. The number of aromatic nitrogens is 1. The predicted octanol–water partition coefficient (Wildman–Crippen LogP) is 2.42. The summed E-state index contributed by atoms with van der Waals surface area (Å²) in [5.41, 5.74) is 1.50. The molecule has 1 heterocycles. The number of rotatable bonds is 7. The van der Waals surface area contributed by atoms with Gasteiger partial charge in [-0.3, -0.25) is 14.2 Å². The van der Waals surface area contributed by atoms with Gasteiger partial charge in [0.05, 0.1) is 19.0 Å².